The number of nitro groups is 1. The van der Waals surface area contributed by atoms with E-state index < -0.39 is 10.5 Å². The van der Waals surface area contributed by atoms with E-state index in [1.54, 1.807) is 18.2 Å². The number of nitrogens with one attached hydrogen (secondary N) is 2. The van der Waals surface area contributed by atoms with E-state index in [1.807, 2.05) is 20.8 Å². The number of nitrogens with zero attached hydrogens (tertiary/aromatic N) is 1. The maximum atomic E-state index is 11.2. The number of hydrogen-bond acceptors (Lipinski definition) is 5. The van der Waals surface area contributed by atoms with E-state index >= 15 is 0 Å². The third-order valence-electron chi connectivity index (χ3n) is 3.51. The molecule has 0 radical (unpaired) electrons. The molecular formula is C14H23N3O3. The summed E-state index contributed by atoms with van der Waals surface area (Å²) in [7, 11) is 0. The fourth-order valence-electron chi connectivity index (χ4n) is 1.98. The first-order chi connectivity index (χ1) is 9.47. The molecule has 0 aliphatic rings. The molecule has 0 spiro atoms. The van der Waals surface area contributed by atoms with Crippen LogP contribution in [0.25, 0.3) is 0 Å². The van der Waals surface area contributed by atoms with Crippen molar-refractivity contribution < 1.29 is 10.0 Å². The second-order valence-corrected chi connectivity index (χ2v) is 4.77. The molecule has 0 aromatic heterocycles. The fraction of sp³-hybridized carbons (Fsp3) is 0.571. The summed E-state index contributed by atoms with van der Waals surface area (Å²) < 4.78 is 0. The van der Waals surface area contributed by atoms with Gasteiger partial charge in [-0.25, -0.2) is 0 Å². The first-order valence-electron chi connectivity index (χ1n) is 6.95. The van der Waals surface area contributed by atoms with Crippen LogP contribution in [0.15, 0.2) is 18.2 Å². The molecule has 1 aromatic carbocycles. The monoisotopic (exact) mass is 281 g/mol. The van der Waals surface area contributed by atoms with Gasteiger partial charge in [-0.15, -0.1) is 0 Å². The van der Waals surface area contributed by atoms with Gasteiger partial charge in [-0.05, 0) is 31.9 Å². The van der Waals surface area contributed by atoms with Gasteiger partial charge in [0.05, 0.1) is 10.5 Å². The highest BCUT2D eigenvalue weighted by Gasteiger charge is 2.25. The van der Waals surface area contributed by atoms with Gasteiger partial charge < -0.3 is 15.7 Å². The Kier molecular flexibility index (Phi) is 5.76. The zero-order chi connectivity index (χ0) is 15.2. The molecule has 0 unspecified atom stereocenters. The van der Waals surface area contributed by atoms with Gasteiger partial charge in [-0.1, -0.05) is 19.9 Å². The van der Waals surface area contributed by atoms with E-state index in [-0.39, 0.29) is 12.2 Å². The molecule has 0 saturated heterocycles. The standard InChI is InChI=1S/C14H23N3O3/c1-4-14(18,5-2)10-16-12-9-7-8-11(15-6-3)13(12)17(19)20/h7-9,15-16,18H,4-6,10H2,1-3H3. The number of hydrogen-bond donors (Lipinski definition) is 3. The van der Waals surface area contributed by atoms with Gasteiger partial charge in [0, 0.05) is 13.1 Å². The molecule has 0 aliphatic heterocycles. The number of anilines is 2. The lowest BCUT2D eigenvalue weighted by atomic mass is 9.97. The third-order valence-corrected chi connectivity index (χ3v) is 3.51. The highest BCUT2D eigenvalue weighted by molar-refractivity contribution is 5.76. The highest BCUT2D eigenvalue weighted by atomic mass is 16.6. The predicted octanol–water partition coefficient (Wildman–Crippen LogP) is 2.99. The molecule has 0 bridgehead atoms. The molecule has 0 aliphatic carbocycles. The van der Waals surface area contributed by atoms with Crippen molar-refractivity contribution in [2.24, 2.45) is 0 Å². The molecule has 0 fully saturated rings. The summed E-state index contributed by atoms with van der Waals surface area (Å²) in [5, 5.41) is 27.5. The second-order valence-electron chi connectivity index (χ2n) is 4.77. The average molecular weight is 281 g/mol. The lowest BCUT2D eigenvalue weighted by Crippen LogP contribution is -2.35. The third kappa shape index (κ3) is 3.84. The number of rotatable bonds is 8. The van der Waals surface area contributed by atoms with Crippen LogP contribution in [0.2, 0.25) is 0 Å². The Labute approximate surface area is 119 Å². The lowest BCUT2D eigenvalue weighted by molar-refractivity contribution is -0.383. The summed E-state index contributed by atoms with van der Waals surface area (Å²) in [5.74, 6) is 0. The van der Waals surface area contributed by atoms with Crippen LogP contribution >= 0.6 is 0 Å². The van der Waals surface area contributed by atoms with Gasteiger partial charge >= 0.3 is 5.69 Å². The van der Waals surface area contributed by atoms with Gasteiger partial charge in [0.2, 0.25) is 0 Å². The van der Waals surface area contributed by atoms with Gasteiger partial charge in [0.1, 0.15) is 11.4 Å². The largest absolute Gasteiger partial charge is 0.388 e. The van der Waals surface area contributed by atoms with Crippen LogP contribution in [0.4, 0.5) is 17.1 Å². The molecule has 6 nitrogen and oxygen atoms in total. The van der Waals surface area contributed by atoms with Crippen molar-refractivity contribution in [3.05, 3.63) is 28.3 Å². The molecule has 0 atom stereocenters. The first kappa shape index (κ1) is 16.2. The Balaban J connectivity index is 3.00. The van der Waals surface area contributed by atoms with Gasteiger partial charge in [0.25, 0.3) is 0 Å². The van der Waals surface area contributed by atoms with Gasteiger partial charge in [-0.3, -0.25) is 10.1 Å². The summed E-state index contributed by atoms with van der Waals surface area (Å²) in [6.07, 6.45) is 1.19. The van der Waals surface area contributed by atoms with Crippen LogP contribution in [0.1, 0.15) is 33.6 Å². The van der Waals surface area contributed by atoms with Crippen molar-refractivity contribution in [1.29, 1.82) is 0 Å². The zero-order valence-corrected chi connectivity index (χ0v) is 12.3. The Bertz CT molecular complexity index is 459. The molecule has 1 aromatic rings. The van der Waals surface area contributed by atoms with E-state index in [0.29, 0.717) is 30.8 Å². The molecule has 0 saturated carbocycles. The molecule has 3 N–H and O–H groups in total. The maximum absolute atomic E-state index is 11.2. The number of aliphatic hydroxyl groups is 1. The fourth-order valence-corrected chi connectivity index (χ4v) is 1.98. The van der Waals surface area contributed by atoms with Crippen LogP contribution < -0.4 is 10.6 Å². The van der Waals surface area contributed by atoms with Crippen LogP contribution in [-0.4, -0.2) is 28.7 Å². The summed E-state index contributed by atoms with van der Waals surface area (Å²) >= 11 is 0. The molecule has 0 heterocycles. The summed E-state index contributed by atoms with van der Waals surface area (Å²) in [4.78, 5) is 10.8. The quantitative estimate of drug-likeness (QED) is 0.503. The van der Waals surface area contributed by atoms with Gasteiger partial charge in [0.15, 0.2) is 0 Å². The van der Waals surface area contributed by atoms with E-state index in [9.17, 15) is 15.2 Å². The van der Waals surface area contributed by atoms with Gasteiger partial charge in [-0.2, -0.15) is 0 Å². The SMILES string of the molecule is CCNc1cccc(NCC(O)(CC)CC)c1[N+](=O)[O-]. The minimum absolute atomic E-state index is 0.0175. The normalized spacial score (nSPS) is 11.2. The number of nitro benzene ring substituents is 1. The van der Waals surface area contributed by atoms with Crippen LogP contribution in [-0.2, 0) is 0 Å². The van der Waals surface area contributed by atoms with Crippen LogP contribution in [0.5, 0.6) is 0 Å². The van der Waals surface area contributed by atoms with Crippen molar-refractivity contribution in [2.45, 2.75) is 39.2 Å². The predicted molar refractivity (Wildman–Crippen MR) is 81.3 cm³/mol. The van der Waals surface area contributed by atoms with E-state index in [4.69, 9.17) is 0 Å². The Morgan fingerprint density at radius 3 is 2.20 bits per heavy atom. The van der Waals surface area contributed by atoms with E-state index in [2.05, 4.69) is 10.6 Å². The molecule has 112 valence electrons. The van der Waals surface area contributed by atoms with Crippen molar-refractivity contribution in [1.82, 2.24) is 0 Å². The minimum Gasteiger partial charge on any atom is -0.388 e. The molecule has 6 heteroatoms. The Morgan fingerprint density at radius 2 is 1.75 bits per heavy atom. The summed E-state index contributed by atoms with van der Waals surface area (Å²) in [6, 6.07) is 5.09. The number of para-hydroxylation sites is 1. The van der Waals surface area contributed by atoms with Crippen LogP contribution in [0.3, 0.4) is 0 Å². The highest BCUT2D eigenvalue weighted by Crippen LogP contribution is 2.33. The van der Waals surface area contributed by atoms with E-state index in [1.165, 1.54) is 0 Å². The topological polar surface area (TPSA) is 87.4 Å². The smallest absolute Gasteiger partial charge is 0.315 e. The first-order valence-corrected chi connectivity index (χ1v) is 6.95. The Hall–Kier alpha value is -1.82. The maximum Gasteiger partial charge on any atom is 0.315 e. The molecular weight excluding hydrogens is 258 g/mol. The number of benzene rings is 1. The second kappa shape index (κ2) is 7.09. The average Bonchev–Trinajstić information content (AvgIpc) is 2.45. The zero-order valence-electron chi connectivity index (χ0n) is 12.3. The molecule has 1 rings (SSSR count). The van der Waals surface area contributed by atoms with Crippen molar-refractivity contribution in [2.75, 3.05) is 23.7 Å². The summed E-state index contributed by atoms with van der Waals surface area (Å²) in [5.41, 5.74) is 0.0823. The Morgan fingerprint density at radius 1 is 1.20 bits per heavy atom. The van der Waals surface area contributed by atoms with E-state index in [0.717, 1.165) is 0 Å². The molecule has 20 heavy (non-hydrogen) atoms. The van der Waals surface area contributed by atoms with Crippen molar-refractivity contribution in [3.8, 4) is 0 Å². The van der Waals surface area contributed by atoms with Crippen molar-refractivity contribution in [3.63, 3.8) is 0 Å². The molecule has 0 amide bonds. The lowest BCUT2D eigenvalue weighted by Gasteiger charge is -2.26. The van der Waals surface area contributed by atoms with Crippen molar-refractivity contribution >= 4 is 17.1 Å². The summed E-state index contributed by atoms with van der Waals surface area (Å²) in [6.45, 7) is 6.58. The minimum atomic E-state index is -0.845. The van der Waals surface area contributed by atoms with Crippen LogP contribution in [0, 0.1) is 10.1 Å².